The number of hydrogen-bond donors (Lipinski definition) is 1. The maximum Gasteiger partial charge on any atom is 0.146 e. The number of nitrogens with two attached hydrogens (primary N) is 1. The SMILES string of the molecule is [CH2]C(N)C(C)=O. The molecule has 0 fully saturated rings. The summed E-state index contributed by atoms with van der Waals surface area (Å²) in [6.07, 6.45) is 0. The maximum atomic E-state index is 9.96. The lowest BCUT2D eigenvalue weighted by molar-refractivity contribution is -0.117. The molecule has 0 aliphatic rings. The predicted molar refractivity (Wildman–Crippen MR) is 24.0 cm³/mol. The Morgan fingerprint density at radius 2 is 2.17 bits per heavy atom. The van der Waals surface area contributed by atoms with Crippen molar-refractivity contribution in [1.29, 1.82) is 0 Å². The van der Waals surface area contributed by atoms with Gasteiger partial charge < -0.3 is 5.73 Å². The molecule has 2 heteroatoms. The highest BCUT2D eigenvalue weighted by Crippen LogP contribution is 1.71. The molecule has 0 amide bonds. The van der Waals surface area contributed by atoms with Crippen molar-refractivity contribution in [1.82, 2.24) is 0 Å². The molecule has 0 aromatic carbocycles. The van der Waals surface area contributed by atoms with E-state index < -0.39 is 6.04 Å². The molecule has 2 N–H and O–H groups in total. The molecule has 0 bridgehead atoms. The quantitative estimate of drug-likeness (QED) is 0.477. The first-order valence-corrected chi connectivity index (χ1v) is 1.73. The van der Waals surface area contributed by atoms with Crippen LogP contribution in [0, 0.1) is 6.92 Å². The van der Waals surface area contributed by atoms with Crippen LogP contribution in [0.15, 0.2) is 0 Å². The van der Waals surface area contributed by atoms with Crippen molar-refractivity contribution >= 4 is 5.78 Å². The molecule has 6 heavy (non-hydrogen) atoms. The molecule has 0 saturated heterocycles. The summed E-state index contributed by atoms with van der Waals surface area (Å²) >= 11 is 0. The lowest BCUT2D eigenvalue weighted by Gasteiger charge is -1.91. The van der Waals surface area contributed by atoms with E-state index in [4.69, 9.17) is 5.73 Å². The number of carbonyl (C=O) groups is 1. The third-order valence-electron chi connectivity index (χ3n) is 0.522. The van der Waals surface area contributed by atoms with Gasteiger partial charge in [0.25, 0.3) is 0 Å². The fourth-order valence-corrected chi connectivity index (χ4v) is 0. The lowest BCUT2D eigenvalue weighted by Crippen LogP contribution is -2.23. The topological polar surface area (TPSA) is 43.1 Å². The summed E-state index contributed by atoms with van der Waals surface area (Å²) in [5.41, 5.74) is 4.97. The zero-order valence-electron chi connectivity index (χ0n) is 3.77. The van der Waals surface area contributed by atoms with Gasteiger partial charge in [0.2, 0.25) is 0 Å². The lowest BCUT2D eigenvalue weighted by atomic mass is 10.3. The molecule has 1 radical (unpaired) electrons. The number of Topliss-reactive ketones (excluding diaryl/α,β-unsaturated/α-hetero) is 1. The highest BCUT2D eigenvalue weighted by atomic mass is 16.1. The first-order chi connectivity index (χ1) is 2.64. The highest BCUT2D eigenvalue weighted by molar-refractivity contribution is 5.81. The summed E-state index contributed by atoms with van der Waals surface area (Å²) in [6, 6.07) is -0.537. The molecule has 0 aromatic heterocycles. The van der Waals surface area contributed by atoms with Gasteiger partial charge in [0, 0.05) is 0 Å². The van der Waals surface area contributed by atoms with Gasteiger partial charge in [-0.15, -0.1) is 0 Å². The van der Waals surface area contributed by atoms with E-state index in [0.29, 0.717) is 0 Å². The second-order valence-corrected chi connectivity index (χ2v) is 1.22. The van der Waals surface area contributed by atoms with Crippen LogP contribution >= 0.6 is 0 Å². The Labute approximate surface area is 37.3 Å². The van der Waals surface area contributed by atoms with Crippen molar-refractivity contribution in [3.05, 3.63) is 6.92 Å². The maximum absolute atomic E-state index is 9.96. The van der Waals surface area contributed by atoms with Crippen LogP contribution in [0.25, 0.3) is 0 Å². The second-order valence-electron chi connectivity index (χ2n) is 1.22. The minimum absolute atomic E-state index is 0.0741. The van der Waals surface area contributed by atoms with Gasteiger partial charge in [0.05, 0.1) is 6.04 Å². The van der Waals surface area contributed by atoms with Crippen LogP contribution in [0.3, 0.4) is 0 Å². The Morgan fingerprint density at radius 1 is 2.00 bits per heavy atom. The molecule has 1 unspecified atom stereocenters. The molecule has 0 rings (SSSR count). The zero-order chi connectivity index (χ0) is 5.15. The molecule has 0 aromatic rings. The second kappa shape index (κ2) is 1.92. The summed E-state index contributed by atoms with van der Waals surface area (Å²) in [4.78, 5) is 9.96. The average molecular weight is 86.1 g/mol. The van der Waals surface area contributed by atoms with Crippen LogP contribution in [0.2, 0.25) is 0 Å². The third-order valence-corrected chi connectivity index (χ3v) is 0.522. The summed E-state index contributed by atoms with van der Waals surface area (Å²) in [5, 5.41) is 0. The van der Waals surface area contributed by atoms with Crippen molar-refractivity contribution in [3.63, 3.8) is 0 Å². The summed E-state index contributed by atoms with van der Waals surface area (Å²) in [7, 11) is 0. The molecule has 2 nitrogen and oxygen atoms in total. The Bertz CT molecular complexity index is 58.6. The smallest absolute Gasteiger partial charge is 0.146 e. The van der Waals surface area contributed by atoms with E-state index in [1.54, 1.807) is 0 Å². The zero-order valence-corrected chi connectivity index (χ0v) is 3.77. The van der Waals surface area contributed by atoms with Crippen LogP contribution in [0.1, 0.15) is 6.92 Å². The van der Waals surface area contributed by atoms with Gasteiger partial charge in [-0.2, -0.15) is 0 Å². The number of hydrogen-bond acceptors (Lipinski definition) is 2. The highest BCUT2D eigenvalue weighted by Gasteiger charge is 1.95. The molecule has 0 spiro atoms. The third kappa shape index (κ3) is 1.91. The Hall–Kier alpha value is -0.370. The van der Waals surface area contributed by atoms with E-state index in [1.807, 2.05) is 0 Å². The first kappa shape index (κ1) is 5.63. The van der Waals surface area contributed by atoms with Crippen molar-refractivity contribution in [2.45, 2.75) is 13.0 Å². The largest absolute Gasteiger partial charge is 0.322 e. The van der Waals surface area contributed by atoms with E-state index in [2.05, 4.69) is 6.92 Å². The summed E-state index contributed by atoms with van der Waals surface area (Å²) in [6.45, 7) is 4.68. The number of ketones is 1. The number of rotatable bonds is 1. The van der Waals surface area contributed by atoms with Crippen molar-refractivity contribution in [2.75, 3.05) is 0 Å². The van der Waals surface area contributed by atoms with E-state index in [1.165, 1.54) is 6.92 Å². The summed E-state index contributed by atoms with van der Waals surface area (Å²) < 4.78 is 0. The van der Waals surface area contributed by atoms with Crippen molar-refractivity contribution in [2.24, 2.45) is 5.73 Å². The van der Waals surface area contributed by atoms with Gasteiger partial charge in [0.15, 0.2) is 0 Å². The molecule has 0 aliphatic heterocycles. The van der Waals surface area contributed by atoms with Crippen LogP contribution in [-0.4, -0.2) is 11.8 Å². The van der Waals surface area contributed by atoms with Gasteiger partial charge in [0.1, 0.15) is 5.78 Å². The minimum atomic E-state index is -0.537. The molecular weight excluding hydrogens is 78.0 g/mol. The Kier molecular flexibility index (Phi) is 1.81. The van der Waals surface area contributed by atoms with Crippen LogP contribution in [-0.2, 0) is 4.79 Å². The molecular formula is C4H8NO. The Morgan fingerprint density at radius 3 is 2.17 bits per heavy atom. The fourth-order valence-electron chi connectivity index (χ4n) is 0. The monoisotopic (exact) mass is 86.1 g/mol. The standard InChI is InChI=1S/C4H8NO/c1-3(5)4(2)6/h3H,1,5H2,2H3. The van der Waals surface area contributed by atoms with Gasteiger partial charge in [-0.05, 0) is 13.8 Å². The van der Waals surface area contributed by atoms with Gasteiger partial charge in [-0.1, -0.05) is 0 Å². The number of carbonyl (C=O) groups excluding carboxylic acids is 1. The van der Waals surface area contributed by atoms with Crippen molar-refractivity contribution < 1.29 is 4.79 Å². The Balaban J connectivity index is 3.26. The van der Waals surface area contributed by atoms with E-state index >= 15 is 0 Å². The average Bonchev–Trinajstić information content (AvgIpc) is 1.36. The van der Waals surface area contributed by atoms with Crippen molar-refractivity contribution in [3.8, 4) is 0 Å². The van der Waals surface area contributed by atoms with E-state index in [-0.39, 0.29) is 5.78 Å². The molecule has 35 valence electrons. The van der Waals surface area contributed by atoms with Gasteiger partial charge in [-0.25, -0.2) is 0 Å². The van der Waals surface area contributed by atoms with Gasteiger partial charge >= 0.3 is 0 Å². The first-order valence-electron chi connectivity index (χ1n) is 1.73. The molecule has 0 saturated carbocycles. The molecule has 0 aliphatic carbocycles. The van der Waals surface area contributed by atoms with Crippen LogP contribution < -0.4 is 5.73 Å². The van der Waals surface area contributed by atoms with Crippen LogP contribution in [0.5, 0.6) is 0 Å². The van der Waals surface area contributed by atoms with Crippen LogP contribution in [0.4, 0.5) is 0 Å². The molecule has 1 atom stereocenters. The minimum Gasteiger partial charge on any atom is -0.322 e. The van der Waals surface area contributed by atoms with E-state index in [0.717, 1.165) is 0 Å². The predicted octanol–water partition coefficient (Wildman–Crippen LogP) is -0.263. The van der Waals surface area contributed by atoms with Gasteiger partial charge in [-0.3, -0.25) is 4.79 Å². The summed E-state index contributed by atoms with van der Waals surface area (Å²) in [5.74, 6) is -0.0741. The fraction of sp³-hybridized carbons (Fsp3) is 0.500. The normalized spacial score (nSPS) is 13.8. The van der Waals surface area contributed by atoms with E-state index in [9.17, 15) is 4.79 Å². The molecule has 0 heterocycles.